The molecule has 0 bridgehead atoms. The Kier molecular flexibility index (Phi) is 5.95. The number of aliphatic carboxylic acids is 1. The Hall–Kier alpha value is -2.37. The number of carboxylic acids is 1. The molecule has 0 spiro atoms. The normalized spacial score (nSPS) is 17.5. The lowest BCUT2D eigenvalue weighted by Crippen LogP contribution is -2.48. The van der Waals surface area contributed by atoms with Gasteiger partial charge >= 0.3 is 5.97 Å². The number of hydrogen-bond acceptors (Lipinski definition) is 3. The number of hydrogen-bond donors (Lipinski definition) is 2. The van der Waals surface area contributed by atoms with Gasteiger partial charge < -0.3 is 15.3 Å². The van der Waals surface area contributed by atoms with E-state index in [1.54, 1.807) is 0 Å². The number of fused-ring (bicyclic) bond motifs is 1. The molecule has 0 heterocycles. The highest BCUT2D eigenvalue weighted by atomic mass is 16.4. The van der Waals surface area contributed by atoms with Crippen LogP contribution in [0.4, 0.5) is 0 Å². The first-order valence-corrected chi connectivity index (χ1v) is 8.27. The van der Waals surface area contributed by atoms with E-state index in [4.69, 9.17) is 0 Å². The summed E-state index contributed by atoms with van der Waals surface area (Å²) < 4.78 is 0. The Balaban J connectivity index is 2.21. The molecule has 0 saturated heterocycles. The Morgan fingerprint density at radius 2 is 2.04 bits per heavy atom. The van der Waals surface area contributed by atoms with E-state index in [0.717, 1.165) is 30.4 Å². The van der Waals surface area contributed by atoms with Crippen molar-refractivity contribution in [2.75, 3.05) is 13.1 Å². The number of benzene rings is 1. The fraction of sp³-hybridized carbons (Fsp3) is 0.500. The number of carboxylic acid groups (broad SMARTS) is 1. The van der Waals surface area contributed by atoms with Crippen LogP contribution in [0.3, 0.4) is 0 Å². The summed E-state index contributed by atoms with van der Waals surface area (Å²) in [6.07, 6.45) is 2.58. The largest absolute Gasteiger partial charge is 0.480 e. The molecule has 2 rings (SSSR count). The van der Waals surface area contributed by atoms with E-state index in [2.05, 4.69) is 5.32 Å². The highest BCUT2D eigenvalue weighted by Crippen LogP contribution is 2.33. The summed E-state index contributed by atoms with van der Waals surface area (Å²) in [5, 5.41) is 11.9. The van der Waals surface area contributed by atoms with E-state index in [1.807, 2.05) is 24.3 Å². The van der Waals surface area contributed by atoms with E-state index in [9.17, 15) is 19.5 Å². The van der Waals surface area contributed by atoms with Crippen molar-refractivity contribution in [1.29, 1.82) is 0 Å². The number of carbonyl (C=O) groups excluding carboxylic acids is 2. The summed E-state index contributed by atoms with van der Waals surface area (Å²) in [5.74, 6) is -1.74. The van der Waals surface area contributed by atoms with Crippen LogP contribution < -0.4 is 5.32 Å². The number of carbonyl (C=O) groups is 3. The molecule has 2 amide bonds. The van der Waals surface area contributed by atoms with Crippen molar-refractivity contribution in [2.45, 2.75) is 45.1 Å². The molecule has 0 fully saturated rings. The predicted octanol–water partition coefficient (Wildman–Crippen LogP) is 1.54. The van der Waals surface area contributed by atoms with Gasteiger partial charge in [0, 0.05) is 20.0 Å². The van der Waals surface area contributed by atoms with Crippen LogP contribution in [0, 0.1) is 0 Å². The smallest absolute Gasteiger partial charge is 0.326 e. The van der Waals surface area contributed by atoms with Crippen LogP contribution >= 0.6 is 0 Å². The first kappa shape index (κ1) is 18.0. The minimum absolute atomic E-state index is 0.178. The molecule has 1 aliphatic carbocycles. The maximum absolute atomic E-state index is 13.0. The Morgan fingerprint density at radius 1 is 1.33 bits per heavy atom. The van der Waals surface area contributed by atoms with E-state index in [-0.39, 0.29) is 30.8 Å². The van der Waals surface area contributed by atoms with Crippen molar-refractivity contribution < 1.29 is 19.5 Å². The third-order valence-electron chi connectivity index (χ3n) is 4.50. The maximum atomic E-state index is 13.0. The second kappa shape index (κ2) is 7.95. The molecule has 2 N–H and O–H groups in total. The average Bonchev–Trinajstić information content (AvgIpc) is 2.56. The number of aryl methyl sites for hydroxylation is 1. The Labute approximate surface area is 141 Å². The van der Waals surface area contributed by atoms with Crippen molar-refractivity contribution >= 4 is 17.8 Å². The topological polar surface area (TPSA) is 86.7 Å². The summed E-state index contributed by atoms with van der Waals surface area (Å²) in [7, 11) is 0. The first-order valence-electron chi connectivity index (χ1n) is 8.27. The number of rotatable bonds is 6. The molecule has 0 aromatic heterocycles. The molecule has 0 saturated carbocycles. The zero-order chi connectivity index (χ0) is 17.7. The summed E-state index contributed by atoms with van der Waals surface area (Å²) in [6, 6.07) is 6.92. The third-order valence-corrected chi connectivity index (χ3v) is 4.50. The number of amides is 2. The summed E-state index contributed by atoms with van der Waals surface area (Å²) in [4.78, 5) is 36.8. The Morgan fingerprint density at radius 3 is 2.71 bits per heavy atom. The summed E-state index contributed by atoms with van der Waals surface area (Å²) in [5.41, 5.74) is 2.16. The number of nitrogens with one attached hydrogen (secondary N) is 1. The SMILES string of the molecule is CC(=O)NCCN(C(=O)C1CCCc2ccccc21)C(C)C(=O)O. The van der Waals surface area contributed by atoms with Gasteiger partial charge in [-0.1, -0.05) is 24.3 Å². The highest BCUT2D eigenvalue weighted by Gasteiger charge is 2.33. The molecule has 0 aliphatic heterocycles. The van der Waals surface area contributed by atoms with Gasteiger partial charge in [0.25, 0.3) is 0 Å². The van der Waals surface area contributed by atoms with Gasteiger partial charge in [-0.2, -0.15) is 0 Å². The van der Waals surface area contributed by atoms with E-state index in [0.29, 0.717) is 0 Å². The minimum atomic E-state index is -1.05. The van der Waals surface area contributed by atoms with Gasteiger partial charge in [-0.15, -0.1) is 0 Å². The van der Waals surface area contributed by atoms with Gasteiger partial charge in [-0.05, 0) is 37.3 Å². The molecule has 0 radical (unpaired) electrons. The lowest BCUT2D eigenvalue weighted by Gasteiger charge is -2.33. The molecule has 24 heavy (non-hydrogen) atoms. The van der Waals surface area contributed by atoms with Crippen LogP contribution in [0.15, 0.2) is 24.3 Å². The van der Waals surface area contributed by atoms with Crippen molar-refractivity contribution in [3.05, 3.63) is 35.4 Å². The van der Waals surface area contributed by atoms with Gasteiger partial charge in [0.05, 0.1) is 5.92 Å². The maximum Gasteiger partial charge on any atom is 0.326 e. The Bertz CT molecular complexity index is 629. The van der Waals surface area contributed by atoms with Crippen LogP contribution in [0.2, 0.25) is 0 Å². The quantitative estimate of drug-likeness (QED) is 0.827. The van der Waals surface area contributed by atoms with E-state index in [1.165, 1.54) is 18.7 Å². The highest BCUT2D eigenvalue weighted by molar-refractivity contribution is 5.88. The molecule has 130 valence electrons. The van der Waals surface area contributed by atoms with Crippen LogP contribution in [-0.4, -0.2) is 46.9 Å². The fourth-order valence-electron chi connectivity index (χ4n) is 3.19. The zero-order valence-corrected chi connectivity index (χ0v) is 14.1. The third kappa shape index (κ3) is 4.13. The monoisotopic (exact) mass is 332 g/mol. The molecular formula is C18H24N2O4. The molecule has 2 atom stereocenters. The van der Waals surface area contributed by atoms with Crippen molar-refractivity contribution in [3.63, 3.8) is 0 Å². The van der Waals surface area contributed by atoms with E-state index < -0.39 is 12.0 Å². The molecule has 6 nitrogen and oxygen atoms in total. The van der Waals surface area contributed by atoms with Gasteiger partial charge in [0.2, 0.25) is 11.8 Å². The van der Waals surface area contributed by atoms with Crippen LogP contribution in [0.1, 0.15) is 43.7 Å². The summed E-state index contributed by atoms with van der Waals surface area (Å²) >= 11 is 0. The second-order valence-corrected chi connectivity index (χ2v) is 6.17. The fourth-order valence-corrected chi connectivity index (χ4v) is 3.19. The molecule has 2 unspecified atom stereocenters. The number of nitrogens with zero attached hydrogens (tertiary/aromatic N) is 1. The molecule has 1 aliphatic rings. The second-order valence-electron chi connectivity index (χ2n) is 6.17. The average molecular weight is 332 g/mol. The van der Waals surface area contributed by atoms with Crippen molar-refractivity contribution in [2.24, 2.45) is 0 Å². The van der Waals surface area contributed by atoms with Crippen LogP contribution in [-0.2, 0) is 20.8 Å². The van der Waals surface area contributed by atoms with Crippen LogP contribution in [0.25, 0.3) is 0 Å². The van der Waals surface area contributed by atoms with Gasteiger partial charge in [-0.3, -0.25) is 9.59 Å². The summed E-state index contributed by atoms with van der Waals surface area (Å²) in [6.45, 7) is 3.32. The first-order chi connectivity index (χ1) is 11.4. The van der Waals surface area contributed by atoms with Crippen molar-refractivity contribution in [3.8, 4) is 0 Å². The van der Waals surface area contributed by atoms with E-state index >= 15 is 0 Å². The molecular weight excluding hydrogens is 308 g/mol. The zero-order valence-electron chi connectivity index (χ0n) is 14.1. The van der Waals surface area contributed by atoms with Crippen LogP contribution in [0.5, 0.6) is 0 Å². The van der Waals surface area contributed by atoms with Gasteiger partial charge in [-0.25, -0.2) is 4.79 Å². The van der Waals surface area contributed by atoms with Gasteiger partial charge in [0.1, 0.15) is 6.04 Å². The molecule has 6 heteroatoms. The standard InChI is InChI=1S/C18H24N2O4/c1-12(18(23)24)20(11-10-19-13(2)21)17(22)16-9-5-7-14-6-3-4-8-15(14)16/h3-4,6,8,12,16H,5,7,9-11H2,1-2H3,(H,19,21)(H,23,24). The lowest BCUT2D eigenvalue weighted by atomic mass is 9.82. The van der Waals surface area contributed by atoms with Crippen molar-refractivity contribution in [1.82, 2.24) is 10.2 Å². The predicted molar refractivity (Wildman–Crippen MR) is 89.6 cm³/mol. The van der Waals surface area contributed by atoms with Gasteiger partial charge in [0.15, 0.2) is 0 Å². The molecule has 1 aromatic rings. The molecule has 1 aromatic carbocycles. The lowest BCUT2D eigenvalue weighted by molar-refractivity contribution is -0.150. The minimum Gasteiger partial charge on any atom is -0.480 e.